The summed E-state index contributed by atoms with van der Waals surface area (Å²) >= 11 is 6.22. The second-order valence-electron chi connectivity index (χ2n) is 8.45. The minimum absolute atomic E-state index is 0.752. The fourth-order valence-electron chi connectivity index (χ4n) is 4.36. The number of nitrogens with zero attached hydrogens (tertiary/aromatic N) is 2. The third-order valence-electron chi connectivity index (χ3n) is 5.83. The van der Waals surface area contributed by atoms with Crippen molar-refractivity contribution in [2.45, 2.75) is 19.4 Å². The van der Waals surface area contributed by atoms with Gasteiger partial charge in [-0.25, -0.2) is 0 Å². The van der Waals surface area contributed by atoms with Gasteiger partial charge in [0.2, 0.25) is 0 Å². The molecule has 1 aliphatic rings. The maximum absolute atomic E-state index is 6.22. The standard InChI is InChI=1S/C24H31ClN4O/c1-28(2)10-5-11-29(3)15-16-12-22-20(14-23(16)30-4)18-8-9-26-21-13-17(25)6-7-19(21)24(18)27-22/h6-7,12-14,26-27H,5,8-11,15H2,1-4H3. The van der Waals surface area contributed by atoms with Gasteiger partial charge in [0.15, 0.2) is 0 Å². The molecule has 0 saturated carbocycles. The van der Waals surface area contributed by atoms with Crippen LogP contribution in [-0.2, 0) is 13.0 Å². The molecule has 2 aromatic carbocycles. The lowest BCUT2D eigenvalue weighted by atomic mass is 10.0. The summed E-state index contributed by atoms with van der Waals surface area (Å²) in [5.41, 5.74) is 7.15. The van der Waals surface area contributed by atoms with Crippen LogP contribution in [0, 0.1) is 0 Å². The van der Waals surface area contributed by atoms with Gasteiger partial charge in [0, 0.05) is 45.8 Å². The third-order valence-corrected chi connectivity index (χ3v) is 6.07. The fraction of sp³-hybridized carbons (Fsp3) is 0.417. The molecule has 0 fully saturated rings. The Morgan fingerprint density at radius 3 is 2.70 bits per heavy atom. The van der Waals surface area contributed by atoms with Crippen LogP contribution in [0.15, 0.2) is 30.3 Å². The van der Waals surface area contributed by atoms with Crippen LogP contribution in [0.4, 0.5) is 5.69 Å². The van der Waals surface area contributed by atoms with Gasteiger partial charge in [-0.1, -0.05) is 11.6 Å². The van der Waals surface area contributed by atoms with E-state index in [1.54, 1.807) is 7.11 Å². The normalized spacial score (nSPS) is 13.3. The number of fused-ring (bicyclic) bond motifs is 5. The predicted octanol–water partition coefficient (Wildman–Crippen LogP) is 4.85. The number of anilines is 1. The van der Waals surface area contributed by atoms with Gasteiger partial charge in [0.25, 0.3) is 0 Å². The van der Waals surface area contributed by atoms with E-state index in [0.717, 1.165) is 55.5 Å². The quantitative estimate of drug-likeness (QED) is 0.566. The molecular weight excluding hydrogens is 396 g/mol. The Morgan fingerprint density at radius 2 is 1.93 bits per heavy atom. The highest BCUT2D eigenvalue weighted by atomic mass is 35.5. The van der Waals surface area contributed by atoms with Crippen LogP contribution in [0.3, 0.4) is 0 Å². The Bertz CT molecular complexity index is 1040. The highest BCUT2D eigenvalue weighted by molar-refractivity contribution is 6.31. The molecule has 2 N–H and O–H groups in total. The van der Waals surface area contributed by atoms with Crippen LogP contribution in [0.1, 0.15) is 17.5 Å². The van der Waals surface area contributed by atoms with Crippen molar-refractivity contribution in [3.63, 3.8) is 0 Å². The van der Waals surface area contributed by atoms with E-state index in [4.69, 9.17) is 16.3 Å². The average molecular weight is 427 g/mol. The lowest BCUT2D eigenvalue weighted by molar-refractivity contribution is 0.290. The molecule has 0 unspecified atom stereocenters. The van der Waals surface area contributed by atoms with Crippen molar-refractivity contribution in [1.29, 1.82) is 0 Å². The van der Waals surface area contributed by atoms with E-state index in [1.807, 2.05) is 12.1 Å². The largest absolute Gasteiger partial charge is 0.496 e. The van der Waals surface area contributed by atoms with E-state index >= 15 is 0 Å². The highest BCUT2D eigenvalue weighted by Crippen LogP contribution is 2.40. The summed E-state index contributed by atoms with van der Waals surface area (Å²) in [6, 6.07) is 10.5. The molecule has 0 aliphatic carbocycles. The third kappa shape index (κ3) is 4.29. The van der Waals surface area contributed by atoms with Crippen LogP contribution in [0.25, 0.3) is 22.2 Å². The number of rotatable bonds is 7. The van der Waals surface area contributed by atoms with E-state index in [9.17, 15) is 0 Å². The van der Waals surface area contributed by atoms with Gasteiger partial charge in [-0.3, -0.25) is 0 Å². The SMILES string of the molecule is COc1cc2c3c([nH]c2cc1CN(C)CCCN(C)C)-c1ccc(Cl)cc1NCC3. The lowest BCUT2D eigenvalue weighted by Gasteiger charge is -2.19. The van der Waals surface area contributed by atoms with Crippen molar-refractivity contribution in [2.24, 2.45) is 0 Å². The summed E-state index contributed by atoms with van der Waals surface area (Å²) in [7, 11) is 8.18. The van der Waals surface area contributed by atoms with Crippen molar-refractivity contribution in [2.75, 3.05) is 53.2 Å². The molecule has 0 radical (unpaired) electrons. The molecule has 1 aromatic heterocycles. The van der Waals surface area contributed by atoms with Crippen LogP contribution in [0.5, 0.6) is 5.75 Å². The van der Waals surface area contributed by atoms with Crippen molar-refractivity contribution < 1.29 is 4.74 Å². The van der Waals surface area contributed by atoms with E-state index in [2.05, 4.69) is 59.4 Å². The second kappa shape index (κ2) is 8.88. The van der Waals surface area contributed by atoms with Crippen molar-refractivity contribution in [3.05, 3.63) is 46.5 Å². The number of aromatic amines is 1. The first kappa shape index (κ1) is 21.0. The minimum Gasteiger partial charge on any atom is -0.496 e. The Kier molecular flexibility index (Phi) is 6.23. The fourth-order valence-corrected chi connectivity index (χ4v) is 4.53. The Morgan fingerprint density at radius 1 is 1.10 bits per heavy atom. The van der Waals surface area contributed by atoms with Gasteiger partial charge in [0.1, 0.15) is 5.75 Å². The van der Waals surface area contributed by atoms with Crippen LogP contribution >= 0.6 is 11.6 Å². The monoisotopic (exact) mass is 426 g/mol. The zero-order valence-corrected chi connectivity index (χ0v) is 19.1. The van der Waals surface area contributed by atoms with Gasteiger partial charge in [-0.05, 0) is 83.0 Å². The summed E-state index contributed by atoms with van der Waals surface area (Å²) < 4.78 is 5.79. The zero-order chi connectivity index (χ0) is 21.3. The Labute approximate surface area is 184 Å². The highest BCUT2D eigenvalue weighted by Gasteiger charge is 2.21. The molecule has 0 atom stereocenters. The molecule has 3 aromatic rings. The Balaban J connectivity index is 1.68. The summed E-state index contributed by atoms with van der Waals surface area (Å²) in [6.45, 7) is 3.90. The lowest BCUT2D eigenvalue weighted by Crippen LogP contribution is -2.23. The van der Waals surface area contributed by atoms with Gasteiger partial charge < -0.3 is 24.8 Å². The van der Waals surface area contributed by atoms with E-state index in [-0.39, 0.29) is 0 Å². The van der Waals surface area contributed by atoms with Gasteiger partial charge in [-0.15, -0.1) is 0 Å². The minimum atomic E-state index is 0.752. The van der Waals surface area contributed by atoms with Crippen molar-refractivity contribution >= 4 is 28.2 Å². The predicted molar refractivity (Wildman–Crippen MR) is 127 cm³/mol. The second-order valence-corrected chi connectivity index (χ2v) is 8.89. The van der Waals surface area contributed by atoms with Crippen LogP contribution in [0.2, 0.25) is 5.02 Å². The number of hydrogen-bond donors (Lipinski definition) is 2. The number of methoxy groups -OCH3 is 1. The van der Waals surface area contributed by atoms with Crippen molar-refractivity contribution in [3.8, 4) is 17.0 Å². The van der Waals surface area contributed by atoms with Gasteiger partial charge >= 0.3 is 0 Å². The number of aromatic nitrogens is 1. The van der Waals surface area contributed by atoms with E-state index < -0.39 is 0 Å². The van der Waals surface area contributed by atoms with E-state index in [1.165, 1.54) is 33.3 Å². The molecule has 4 rings (SSSR count). The van der Waals surface area contributed by atoms with Crippen molar-refractivity contribution in [1.82, 2.24) is 14.8 Å². The van der Waals surface area contributed by atoms with E-state index in [0.29, 0.717) is 0 Å². The van der Waals surface area contributed by atoms with Crippen LogP contribution in [-0.4, -0.2) is 62.7 Å². The topological polar surface area (TPSA) is 43.5 Å². The number of benzene rings is 2. The first-order chi connectivity index (χ1) is 14.5. The first-order valence-electron chi connectivity index (χ1n) is 10.5. The maximum atomic E-state index is 6.22. The first-order valence-corrected chi connectivity index (χ1v) is 10.9. The molecule has 5 nitrogen and oxygen atoms in total. The molecule has 0 spiro atoms. The zero-order valence-electron chi connectivity index (χ0n) is 18.3. The molecule has 160 valence electrons. The molecule has 0 saturated heterocycles. The van der Waals surface area contributed by atoms with Gasteiger partial charge in [0.05, 0.1) is 12.8 Å². The number of ether oxygens (including phenoxy) is 1. The number of H-pyrrole nitrogens is 1. The van der Waals surface area contributed by atoms with Gasteiger partial charge in [-0.2, -0.15) is 0 Å². The molecule has 1 aliphatic heterocycles. The average Bonchev–Trinajstić information content (AvgIpc) is 2.94. The summed E-state index contributed by atoms with van der Waals surface area (Å²) in [5, 5.41) is 5.50. The molecule has 2 heterocycles. The number of halogens is 1. The molecule has 30 heavy (non-hydrogen) atoms. The molecular formula is C24H31ClN4O. The number of nitrogens with one attached hydrogen (secondary N) is 2. The Hall–Kier alpha value is -2.21. The molecule has 0 amide bonds. The van der Waals surface area contributed by atoms with Crippen LogP contribution < -0.4 is 10.1 Å². The maximum Gasteiger partial charge on any atom is 0.124 e. The number of hydrogen-bond acceptors (Lipinski definition) is 4. The molecule has 0 bridgehead atoms. The summed E-state index contributed by atoms with van der Waals surface area (Å²) in [5.74, 6) is 0.956. The molecule has 6 heteroatoms. The summed E-state index contributed by atoms with van der Waals surface area (Å²) in [4.78, 5) is 8.28. The summed E-state index contributed by atoms with van der Waals surface area (Å²) in [6.07, 6.45) is 2.10. The smallest absolute Gasteiger partial charge is 0.124 e.